The molecule has 192 valence electrons. The number of fused-ring (bicyclic) bond motifs is 5. The lowest BCUT2D eigenvalue weighted by Gasteiger charge is -2.31. The Morgan fingerprint density at radius 3 is 2.68 bits per heavy atom. The number of cyclic esters (lactones) is 1. The topological polar surface area (TPSA) is 99.9 Å². The zero-order valence-electron chi connectivity index (χ0n) is 20.5. The van der Waals surface area contributed by atoms with E-state index < -0.39 is 11.6 Å². The Balaban J connectivity index is 1.43. The van der Waals surface area contributed by atoms with Gasteiger partial charge >= 0.3 is 5.97 Å². The summed E-state index contributed by atoms with van der Waals surface area (Å²) in [5, 5.41) is 12.7. The number of hydrogen-bond acceptors (Lipinski definition) is 7. The molecule has 0 fully saturated rings. The number of hydrogen-bond donors (Lipinski definition) is 1. The van der Waals surface area contributed by atoms with Crippen molar-refractivity contribution in [1.29, 1.82) is 0 Å². The third-order valence-electron chi connectivity index (χ3n) is 7.87. The standard InChI is InChI=1S/C29H23ClN2O6/c1-2-29(35)19-11-21-25-17(12-32(21)27(33)18(19)13-36-28(29)34)26-23-22(37-14-38-26)10-9-16(24(23)31-25)8-7-15-5-3-4-6-20(15)30/h3-6,9-11,35H,2,7-8,12-14H2,1H3/t29-/m0/s1. The van der Waals surface area contributed by atoms with E-state index in [1.165, 1.54) is 0 Å². The van der Waals surface area contributed by atoms with Gasteiger partial charge in [-0.1, -0.05) is 42.8 Å². The van der Waals surface area contributed by atoms with Crippen LogP contribution in [0.3, 0.4) is 0 Å². The maximum Gasteiger partial charge on any atom is 0.343 e. The summed E-state index contributed by atoms with van der Waals surface area (Å²) >= 11 is 6.40. The number of benzene rings is 2. The predicted molar refractivity (Wildman–Crippen MR) is 140 cm³/mol. The van der Waals surface area contributed by atoms with E-state index in [-0.39, 0.29) is 43.1 Å². The van der Waals surface area contributed by atoms with Gasteiger partial charge in [0.25, 0.3) is 5.56 Å². The maximum atomic E-state index is 13.6. The zero-order valence-corrected chi connectivity index (χ0v) is 21.3. The number of carbonyl (C=O) groups is 1. The average molecular weight is 531 g/mol. The number of aliphatic hydroxyl groups is 1. The molecule has 0 aliphatic carbocycles. The second-order valence-corrected chi connectivity index (χ2v) is 10.2. The number of ether oxygens (including phenoxy) is 3. The molecule has 38 heavy (non-hydrogen) atoms. The van der Waals surface area contributed by atoms with Crippen LogP contribution in [0.15, 0.2) is 47.3 Å². The van der Waals surface area contributed by atoms with Crippen LogP contribution >= 0.6 is 11.6 Å². The van der Waals surface area contributed by atoms with E-state index in [1.54, 1.807) is 17.6 Å². The van der Waals surface area contributed by atoms with Crippen LogP contribution in [0.1, 0.15) is 41.2 Å². The number of aromatic nitrogens is 2. The zero-order chi connectivity index (χ0) is 26.2. The average Bonchev–Trinajstić information content (AvgIpc) is 3.31. The van der Waals surface area contributed by atoms with E-state index in [0.29, 0.717) is 29.3 Å². The molecule has 3 aliphatic heterocycles. The van der Waals surface area contributed by atoms with E-state index in [9.17, 15) is 14.7 Å². The molecule has 1 N–H and O–H groups in total. The largest absolute Gasteiger partial charge is 0.458 e. The van der Waals surface area contributed by atoms with Gasteiger partial charge in [-0.15, -0.1) is 0 Å². The van der Waals surface area contributed by atoms with Gasteiger partial charge in [0.05, 0.1) is 34.4 Å². The third kappa shape index (κ3) is 3.17. The minimum atomic E-state index is -1.88. The number of nitrogens with zero attached hydrogens (tertiary/aromatic N) is 2. The van der Waals surface area contributed by atoms with E-state index in [4.69, 9.17) is 30.8 Å². The van der Waals surface area contributed by atoms with Gasteiger partial charge in [-0.25, -0.2) is 9.78 Å². The summed E-state index contributed by atoms with van der Waals surface area (Å²) in [6, 6.07) is 13.4. The lowest BCUT2D eigenvalue weighted by molar-refractivity contribution is -0.172. The highest BCUT2D eigenvalue weighted by atomic mass is 35.5. The summed E-state index contributed by atoms with van der Waals surface area (Å²) in [6.07, 6.45) is 1.49. The van der Waals surface area contributed by atoms with Crippen LogP contribution in [0.25, 0.3) is 22.3 Å². The van der Waals surface area contributed by atoms with Crippen molar-refractivity contribution in [1.82, 2.24) is 9.55 Å². The Morgan fingerprint density at radius 2 is 1.87 bits per heavy atom. The van der Waals surface area contributed by atoms with Crippen molar-refractivity contribution in [2.75, 3.05) is 6.79 Å². The Bertz CT molecular complexity index is 1750. The molecule has 9 heteroatoms. The molecule has 0 saturated carbocycles. The minimum Gasteiger partial charge on any atom is -0.458 e. The number of halogens is 1. The number of rotatable bonds is 4. The summed E-state index contributed by atoms with van der Waals surface area (Å²) in [4.78, 5) is 31.1. The first-order valence-electron chi connectivity index (χ1n) is 12.6. The van der Waals surface area contributed by atoms with Crippen molar-refractivity contribution in [3.63, 3.8) is 0 Å². The van der Waals surface area contributed by atoms with E-state index in [2.05, 4.69) is 0 Å². The van der Waals surface area contributed by atoms with Gasteiger partial charge in [0.2, 0.25) is 6.79 Å². The van der Waals surface area contributed by atoms with Crippen LogP contribution in [0, 0.1) is 0 Å². The monoisotopic (exact) mass is 530 g/mol. The maximum absolute atomic E-state index is 13.6. The number of pyridine rings is 2. The Labute approximate surface area is 222 Å². The first-order chi connectivity index (χ1) is 18.4. The normalized spacial score (nSPS) is 18.8. The highest BCUT2D eigenvalue weighted by Crippen LogP contribution is 2.47. The Hall–Kier alpha value is -3.88. The molecule has 0 unspecified atom stereocenters. The van der Waals surface area contributed by atoms with Gasteiger partial charge in [0.15, 0.2) is 5.60 Å². The van der Waals surface area contributed by atoms with E-state index in [1.807, 2.05) is 36.4 Å². The van der Waals surface area contributed by atoms with Gasteiger partial charge < -0.3 is 23.9 Å². The summed E-state index contributed by atoms with van der Waals surface area (Å²) in [6.45, 7) is 1.83. The lowest BCUT2D eigenvalue weighted by Crippen LogP contribution is -2.44. The molecule has 0 saturated heterocycles. The van der Waals surface area contributed by atoms with Crippen molar-refractivity contribution in [3.8, 4) is 22.9 Å². The quantitative estimate of drug-likeness (QED) is 0.347. The first kappa shape index (κ1) is 23.3. The molecule has 0 amide bonds. The first-order valence-corrected chi connectivity index (χ1v) is 12.9. The molecule has 7 rings (SSSR count). The molecule has 2 aromatic heterocycles. The van der Waals surface area contributed by atoms with Crippen molar-refractivity contribution in [3.05, 3.63) is 85.7 Å². The molecule has 1 atom stereocenters. The number of aryl methyl sites for hydroxylation is 2. The molecule has 3 aliphatic rings. The summed E-state index contributed by atoms with van der Waals surface area (Å²) in [5.74, 6) is 0.577. The summed E-state index contributed by atoms with van der Waals surface area (Å²) in [5.41, 5.74) is 3.07. The van der Waals surface area contributed by atoms with Crippen LogP contribution < -0.4 is 15.0 Å². The van der Waals surface area contributed by atoms with Crippen LogP contribution in [0.2, 0.25) is 5.02 Å². The molecule has 0 spiro atoms. The van der Waals surface area contributed by atoms with E-state index >= 15 is 0 Å². The second-order valence-electron chi connectivity index (χ2n) is 9.82. The third-order valence-corrected chi connectivity index (χ3v) is 8.24. The van der Waals surface area contributed by atoms with Crippen LogP contribution in [0.4, 0.5) is 0 Å². The minimum absolute atomic E-state index is 0.0528. The fourth-order valence-electron chi connectivity index (χ4n) is 5.77. The van der Waals surface area contributed by atoms with Gasteiger partial charge in [-0.2, -0.15) is 0 Å². The molecule has 5 heterocycles. The number of carbonyl (C=O) groups excluding carboxylic acids is 1. The second kappa shape index (κ2) is 8.31. The molecule has 0 radical (unpaired) electrons. The van der Waals surface area contributed by atoms with E-state index in [0.717, 1.165) is 39.0 Å². The van der Waals surface area contributed by atoms with Crippen molar-refractivity contribution < 1.29 is 24.1 Å². The Kier molecular flexibility index (Phi) is 5.09. The van der Waals surface area contributed by atoms with Crippen LogP contribution in [-0.2, 0) is 41.1 Å². The number of esters is 1. The summed E-state index contributed by atoms with van der Waals surface area (Å²) < 4.78 is 18.6. The Morgan fingerprint density at radius 1 is 1.05 bits per heavy atom. The van der Waals surface area contributed by atoms with Crippen LogP contribution in [0.5, 0.6) is 11.5 Å². The highest BCUT2D eigenvalue weighted by molar-refractivity contribution is 6.31. The molecule has 8 nitrogen and oxygen atoms in total. The smallest absolute Gasteiger partial charge is 0.343 e. The summed E-state index contributed by atoms with van der Waals surface area (Å²) in [7, 11) is 0. The van der Waals surface area contributed by atoms with Crippen molar-refractivity contribution in [2.24, 2.45) is 0 Å². The fourth-order valence-corrected chi connectivity index (χ4v) is 6.00. The van der Waals surface area contributed by atoms with Gasteiger partial charge in [0.1, 0.15) is 18.1 Å². The molecule has 0 bridgehead atoms. The van der Waals surface area contributed by atoms with Crippen LogP contribution in [-0.4, -0.2) is 27.4 Å². The van der Waals surface area contributed by atoms with Gasteiger partial charge in [0, 0.05) is 16.1 Å². The van der Waals surface area contributed by atoms with Crippen molar-refractivity contribution in [2.45, 2.75) is 44.9 Å². The van der Waals surface area contributed by atoms with Crippen molar-refractivity contribution >= 4 is 28.5 Å². The van der Waals surface area contributed by atoms with Gasteiger partial charge in [-0.05, 0) is 48.6 Å². The molecular formula is C29H23ClN2O6. The molecule has 2 aromatic carbocycles. The lowest BCUT2D eigenvalue weighted by atomic mass is 9.86. The predicted octanol–water partition coefficient (Wildman–Crippen LogP) is 4.25. The highest BCUT2D eigenvalue weighted by Gasteiger charge is 2.45. The fraction of sp³-hybridized carbons (Fsp3) is 0.276. The molecule has 4 aromatic rings. The SMILES string of the molecule is CC[C@@]1(O)C(=O)OCc2c1cc1n(c2=O)Cc2c-1nc1c(CCc3ccccc3Cl)ccc3c1c2OCO3. The molecular weight excluding hydrogens is 508 g/mol. The van der Waals surface area contributed by atoms with Gasteiger partial charge in [-0.3, -0.25) is 4.79 Å².